The Morgan fingerprint density at radius 3 is 2.27 bits per heavy atom. The summed E-state index contributed by atoms with van der Waals surface area (Å²) in [5.74, 6) is -0.538. The molecule has 0 aromatic heterocycles. The number of hydrogen-bond donors (Lipinski definition) is 2. The summed E-state index contributed by atoms with van der Waals surface area (Å²) in [4.78, 5) is 0. The molecule has 142 valence electrons. The summed E-state index contributed by atoms with van der Waals surface area (Å²) in [5, 5.41) is 1.15. The topological polar surface area (TPSA) is 118 Å². The highest BCUT2D eigenvalue weighted by Crippen LogP contribution is 2.21. The Morgan fingerprint density at radius 2 is 1.81 bits per heavy atom. The zero-order valence-corrected chi connectivity index (χ0v) is 16.8. The van der Waals surface area contributed by atoms with Crippen molar-refractivity contribution < 1.29 is 25.3 Å². The first-order valence-electron chi connectivity index (χ1n) is 7.15. The van der Waals surface area contributed by atoms with Crippen molar-refractivity contribution in [1.29, 1.82) is 0 Å². The van der Waals surface area contributed by atoms with Crippen LogP contribution in [0.3, 0.4) is 0 Å². The third-order valence-corrected chi connectivity index (χ3v) is 5.08. The molecule has 0 aliphatic heterocycles. The van der Waals surface area contributed by atoms with Gasteiger partial charge in [0.15, 0.2) is 6.54 Å². The Labute approximate surface area is 163 Å². The van der Waals surface area contributed by atoms with Crippen molar-refractivity contribution in [3.8, 4) is 0 Å². The highest BCUT2D eigenvalue weighted by Gasteiger charge is 2.13. The van der Waals surface area contributed by atoms with Gasteiger partial charge in [-0.15, -0.1) is 8.42 Å². The number of nitrogens with zero attached hydrogens (tertiary/aromatic N) is 1. The van der Waals surface area contributed by atoms with Gasteiger partial charge in [0.05, 0.1) is 10.7 Å². The van der Waals surface area contributed by atoms with E-state index in [1.165, 1.54) is 18.2 Å². The van der Waals surface area contributed by atoms with E-state index in [1.807, 2.05) is 0 Å². The van der Waals surface area contributed by atoms with Crippen LogP contribution in [0.25, 0.3) is 0 Å². The molecule has 0 saturated carbocycles. The fourth-order valence-corrected chi connectivity index (χ4v) is 3.30. The molecule has 0 radical (unpaired) electrons. The van der Waals surface area contributed by atoms with E-state index in [-0.39, 0.29) is 6.54 Å². The Kier molecular flexibility index (Phi) is 8.51. The van der Waals surface area contributed by atoms with Crippen LogP contribution in [-0.4, -0.2) is 31.9 Å². The van der Waals surface area contributed by atoms with E-state index in [1.54, 1.807) is 31.2 Å². The molecule has 0 heterocycles. The maximum atomic E-state index is 10.9. The van der Waals surface area contributed by atoms with Gasteiger partial charge >= 0.3 is 10.5 Å². The van der Waals surface area contributed by atoms with Crippen molar-refractivity contribution in [3.05, 3.63) is 58.1 Å². The van der Waals surface area contributed by atoms with Crippen LogP contribution in [0.5, 0.6) is 0 Å². The molecule has 0 aliphatic carbocycles. The van der Waals surface area contributed by atoms with E-state index in [0.29, 0.717) is 27.0 Å². The van der Waals surface area contributed by atoms with E-state index >= 15 is 0 Å². The molecule has 0 aliphatic rings. The van der Waals surface area contributed by atoms with Gasteiger partial charge in [0, 0.05) is 17.2 Å². The van der Waals surface area contributed by atoms with Gasteiger partial charge in [0.1, 0.15) is 5.75 Å². The van der Waals surface area contributed by atoms with Gasteiger partial charge in [0.2, 0.25) is 5.69 Å². The van der Waals surface area contributed by atoms with Gasteiger partial charge in [-0.25, -0.2) is 0 Å². The quantitative estimate of drug-likeness (QED) is 0.428. The van der Waals surface area contributed by atoms with Crippen LogP contribution in [0.4, 0.5) is 11.4 Å². The van der Waals surface area contributed by atoms with Gasteiger partial charge in [-0.1, -0.05) is 39.3 Å². The molecule has 0 bridgehead atoms. The van der Waals surface area contributed by atoms with E-state index in [2.05, 4.69) is 0 Å². The van der Waals surface area contributed by atoms with Crippen molar-refractivity contribution in [3.63, 3.8) is 0 Å². The Bertz CT molecular complexity index is 1010. The summed E-state index contributed by atoms with van der Waals surface area (Å²) >= 11 is 11.2. The van der Waals surface area contributed by atoms with Crippen molar-refractivity contribution in [2.75, 3.05) is 12.3 Å². The summed E-state index contributed by atoms with van der Waals surface area (Å²) < 4.78 is 53.0. The minimum atomic E-state index is -4.12. The monoisotopic (exact) mass is 439 g/mol. The minimum absolute atomic E-state index is 0.242. The number of nitrogens with two attached hydrogens (primary N) is 1. The number of hydrogen-bond acceptors (Lipinski definition) is 5. The molecule has 2 aromatic rings. The van der Waals surface area contributed by atoms with Crippen molar-refractivity contribution in [2.45, 2.75) is 12.7 Å². The third-order valence-electron chi connectivity index (χ3n) is 2.97. The summed E-state index contributed by atoms with van der Waals surface area (Å²) in [6, 6.07) is 11.0. The summed E-state index contributed by atoms with van der Waals surface area (Å²) in [6.07, 6.45) is 0. The summed E-state index contributed by atoms with van der Waals surface area (Å²) in [5.41, 5.74) is 6.61. The summed E-state index contributed by atoms with van der Waals surface area (Å²) in [7, 11) is -6.53. The molecule has 0 fully saturated rings. The normalized spacial score (nSPS) is 10.6. The number of rotatable bonds is 4. The van der Waals surface area contributed by atoms with E-state index in [4.69, 9.17) is 33.5 Å². The summed E-state index contributed by atoms with van der Waals surface area (Å²) in [6.45, 7) is 1.90. The van der Waals surface area contributed by atoms with E-state index in [9.17, 15) is 16.8 Å². The van der Waals surface area contributed by atoms with Gasteiger partial charge in [-0.3, -0.25) is 4.55 Å². The molecule has 2 rings (SSSR count). The molecule has 7 nitrogen and oxygen atoms in total. The molecule has 0 unspecified atom stereocenters. The van der Waals surface area contributed by atoms with Crippen LogP contribution < -0.4 is 5.73 Å². The molecular formula is C15H17Cl2N2O5S2+. The standard InChI is InChI=1S/C9H11NO5S2.C6H5Cl2N/c1-2-10(16(11)12)9-5-3-4-8(6-9)7-17(13,14)15;7-4-1-2-5(8)6(9)3-4/h3-6H,2,7H2,1H3;1-3H,9H2/p+1. The first-order valence-corrected chi connectivity index (χ1v) is 10.5. The lowest BCUT2D eigenvalue weighted by Gasteiger charge is -1.99. The number of nitrogen functional groups attached to an aromatic ring is 1. The lowest BCUT2D eigenvalue weighted by molar-refractivity contribution is -0.409. The Balaban J connectivity index is 0.000000314. The molecular weight excluding hydrogens is 423 g/mol. The maximum absolute atomic E-state index is 10.9. The van der Waals surface area contributed by atoms with Gasteiger partial charge in [-0.05, 0) is 30.7 Å². The largest absolute Gasteiger partial charge is 0.465 e. The number of halogens is 2. The second-order valence-corrected chi connectivity index (χ2v) is 8.14. The molecule has 26 heavy (non-hydrogen) atoms. The zero-order chi connectivity index (χ0) is 19.9. The van der Waals surface area contributed by atoms with E-state index < -0.39 is 26.4 Å². The average molecular weight is 440 g/mol. The van der Waals surface area contributed by atoms with Crippen molar-refractivity contribution >= 4 is 55.2 Å². The first-order chi connectivity index (χ1) is 12.0. The van der Waals surface area contributed by atoms with Crippen LogP contribution in [0.2, 0.25) is 10.0 Å². The van der Waals surface area contributed by atoms with Gasteiger partial charge < -0.3 is 5.73 Å². The highest BCUT2D eigenvalue weighted by molar-refractivity contribution is 7.85. The minimum Gasteiger partial charge on any atom is -0.397 e. The molecule has 0 spiro atoms. The second-order valence-electron chi connectivity index (χ2n) is 4.97. The van der Waals surface area contributed by atoms with Crippen LogP contribution >= 0.6 is 23.2 Å². The Morgan fingerprint density at radius 1 is 1.15 bits per heavy atom. The fourth-order valence-electron chi connectivity index (χ4n) is 1.90. The Hall–Kier alpha value is -1.65. The number of benzene rings is 2. The van der Waals surface area contributed by atoms with Gasteiger partial charge in [0.25, 0.3) is 10.1 Å². The predicted molar refractivity (Wildman–Crippen MR) is 102 cm³/mol. The molecule has 0 atom stereocenters. The SMILES string of the molecule is CC[N+](c1cccc(CS(=O)(=O)O)c1)=S(=O)=O.Nc1cc(Cl)ccc1Cl. The number of anilines is 1. The maximum Gasteiger partial charge on any atom is 0.465 e. The molecule has 0 amide bonds. The first kappa shape index (κ1) is 22.4. The lowest BCUT2D eigenvalue weighted by Crippen LogP contribution is -2.05. The zero-order valence-electron chi connectivity index (χ0n) is 13.6. The predicted octanol–water partition coefficient (Wildman–Crippen LogP) is 3.38. The molecule has 3 N–H and O–H groups in total. The smallest absolute Gasteiger partial charge is 0.397 e. The fraction of sp³-hybridized carbons (Fsp3) is 0.200. The average Bonchev–Trinajstić information content (AvgIpc) is 2.51. The van der Waals surface area contributed by atoms with Crippen molar-refractivity contribution in [1.82, 2.24) is 0 Å². The van der Waals surface area contributed by atoms with Crippen molar-refractivity contribution in [2.24, 2.45) is 0 Å². The molecule has 2 aromatic carbocycles. The van der Waals surface area contributed by atoms with Gasteiger partial charge in [-0.2, -0.15) is 8.42 Å². The van der Waals surface area contributed by atoms with Crippen LogP contribution in [0, 0.1) is 0 Å². The highest BCUT2D eigenvalue weighted by atomic mass is 35.5. The van der Waals surface area contributed by atoms with Crippen LogP contribution in [0.15, 0.2) is 42.5 Å². The molecule has 0 saturated heterocycles. The van der Waals surface area contributed by atoms with Crippen LogP contribution in [-0.2, 0) is 26.4 Å². The van der Waals surface area contributed by atoms with E-state index in [0.717, 1.165) is 3.95 Å². The second kappa shape index (κ2) is 9.89. The molecule has 11 heteroatoms. The third kappa shape index (κ3) is 7.71. The lowest BCUT2D eigenvalue weighted by atomic mass is 10.2. The van der Waals surface area contributed by atoms with Crippen LogP contribution in [0.1, 0.15) is 12.5 Å².